The van der Waals surface area contributed by atoms with Crippen LogP contribution in [0.15, 0.2) is 36.7 Å². The third kappa shape index (κ3) is 2.94. The van der Waals surface area contributed by atoms with Crippen molar-refractivity contribution in [2.75, 3.05) is 19.7 Å². The van der Waals surface area contributed by atoms with Crippen molar-refractivity contribution in [3.05, 3.63) is 48.0 Å². The van der Waals surface area contributed by atoms with Crippen LogP contribution in [-0.2, 0) is 4.79 Å². The SMILES string of the molecule is Cc1cc(C2CCCN(C(=O)C3COc4ccccc4O3)C2)n2ncnc2n1. The van der Waals surface area contributed by atoms with Crippen LogP contribution in [0.4, 0.5) is 0 Å². The van der Waals surface area contributed by atoms with E-state index in [2.05, 4.69) is 15.1 Å². The van der Waals surface area contributed by atoms with E-state index in [9.17, 15) is 4.79 Å². The lowest BCUT2D eigenvalue weighted by molar-refractivity contribution is -0.142. The van der Waals surface area contributed by atoms with Crippen LogP contribution in [0.3, 0.4) is 0 Å². The average Bonchev–Trinajstić information content (AvgIpc) is 3.20. The number of likely N-dealkylation sites (tertiary alicyclic amines) is 1. The summed E-state index contributed by atoms with van der Waals surface area (Å²) in [5.74, 6) is 2.05. The highest BCUT2D eigenvalue weighted by Gasteiger charge is 2.34. The molecule has 1 amide bonds. The summed E-state index contributed by atoms with van der Waals surface area (Å²) >= 11 is 0. The highest BCUT2D eigenvalue weighted by atomic mass is 16.6. The lowest BCUT2D eigenvalue weighted by Gasteiger charge is -2.36. The van der Waals surface area contributed by atoms with Crippen molar-refractivity contribution in [1.29, 1.82) is 0 Å². The number of fused-ring (bicyclic) bond motifs is 2. The molecule has 8 nitrogen and oxygen atoms in total. The molecule has 0 bridgehead atoms. The molecule has 2 aliphatic rings. The van der Waals surface area contributed by atoms with Gasteiger partial charge in [0.2, 0.25) is 6.10 Å². The third-order valence-corrected chi connectivity index (χ3v) is 5.34. The number of para-hydroxylation sites is 2. The number of ether oxygens (including phenoxy) is 2. The number of carbonyl (C=O) groups excluding carboxylic acids is 1. The highest BCUT2D eigenvalue weighted by molar-refractivity contribution is 5.82. The van der Waals surface area contributed by atoms with Gasteiger partial charge in [-0.1, -0.05) is 12.1 Å². The quantitative estimate of drug-likeness (QED) is 0.677. The summed E-state index contributed by atoms with van der Waals surface area (Å²) in [6.07, 6.45) is 2.83. The van der Waals surface area contributed by atoms with Crippen LogP contribution in [0, 0.1) is 6.92 Å². The van der Waals surface area contributed by atoms with Gasteiger partial charge in [-0.2, -0.15) is 10.1 Å². The van der Waals surface area contributed by atoms with Gasteiger partial charge in [0.05, 0.1) is 5.69 Å². The number of hydrogen-bond donors (Lipinski definition) is 0. The zero-order valence-corrected chi connectivity index (χ0v) is 15.6. The third-order valence-electron chi connectivity index (χ3n) is 5.34. The summed E-state index contributed by atoms with van der Waals surface area (Å²) in [4.78, 5) is 23.6. The molecular weight excluding hydrogens is 358 g/mol. The summed E-state index contributed by atoms with van der Waals surface area (Å²) < 4.78 is 13.4. The minimum Gasteiger partial charge on any atom is -0.485 e. The first-order chi connectivity index (χ1) is 13.7. The smallest absolute Gasteiger partial charge is 0.267 e. The van der Waals surface area contributed by atoms with E-state index in [0.29, 0.717) is 23.8 Å². The van der Waals surface area contributed by atoms with Crippen LogP contribution in [0.5, 0.6) is 11.5 Å². The Kier molecular flexibility index (Phi) is 4.11. The predicted octanol–water partition coefficient (Wildman–Crippen LogP) is 1.98. The van der Waals surface area contributed by atoms with E-state index in [1.165, 1.54) is 6.33 Å². The molecule has 0 spiro atoms. The first-order valence-corrected chi connectivity index (χ1v) is 9.53. The van der Waals surface area contributed by atoms with Gasteiger partial charge in [0, 0.05) is 24.7 Å². The zero-order valence-electron chi connectivity index (χ0n) is 15.6. The fourth-order valence-electron chi connectivity index (χ4n) is 4.01. The molecule has 1 aromatic carbocycles. The molecule has 4 heterocycles. The standard InChI is InChI=1S/C20H21N5O3/c1-13-9-15(25-20(23-13)21-12-22-25)14-5-4-8-24(10-14)19(26)18-11-27-16-6-2-3-7-17(16)28-18/h2-3,6-7,9,12,14,18H,4-5,8,10-11H2,1H3. The molecular formula is C20H21N5O3. The van der Waals surface area contributed by atoms with Crippen LogP contribution in [-0.4, -0.2) is 56.2 Å². The van der Waals surface area contributed by atoms with Crippen molar-refractivity contribution < 1.29 is 14.3 Å². The number of nitrogens with zero attached hydrogens (tertiary/aromatic N) is 5. The molecule has 0 aliphatic carbocycles. The van der Waals surface area contributed by atoms with Crippen LogP contribution in [0.1, 0.15) is 30.1 Å². The molecule has 2 atom stereocenters. The van der Waals surface area contributed by atoms with Gasteiger partial charge in [0.1, 0.15) is 12.9 Å². The van der Waals surface area contributed by atoms with Gasteiger partial charge in [-0.05, 0) is 38.0 Å². The maximum absolute atomic E-state index is 13.1. The van der Waals surface area contributed by atoms with Crippen molar-refractivity contribution in [3.63, 3.8) is 0 Å². The van der Waals surface area contributed by atoms with E-state index in [-0.39, 0.29) is 18.4 Å². The Morgan fingerprint density at radius 3 is 3.00 bits per heavy atom. The first kappa shape index (κ1) is 17.0. The summed E-state index contributed by atoms with van der Waals surface area (Å²) in [6, 6.07) is 9.48. The van der Waals surface area contributed by atoms with Crippen molar-refractivity contribution in [3.8, 4) is 11.5 Å². The van der Waals surface area contributed by atoms with Gasteiger partial charge in [-0.3, -0.25) is 4.79 Å². The molecule has 3 aromatic rings. The van der Waals surface area contributed by atoms with Crippen LogP contribution < -0.4 is 9.47 Å². The lowest BCUT2D eigenvalue weighted by atomic mass is 9.93. The molecule has 8 heteroatoms. The van der Waals surface area contributed by atoms with Gasteiger partial charge in [-0.25, -0.2) is 9.50 Å². The summed E-state index contributed by atoms with van der Waals surface area (Å²) in [5, 5.41) is 4.31. The summed E-state index contributed by atoms with van der Waals surface area (Å²) in [7, 11) is 0. The second kappa shape index (κ2) is 6.78. The Hall–Kier alpha value is -3.16. The minimum absolute atomic E-state index is 0.0279. The van der Waals surface area contributed by atoms with E-state index >= 15 is 0 Å². The second-order valence-corrected chi connectivity index (χ2v) is 7.28. The Morgan fingerprint density at radius 1 is 1.25 bits per heavy atom. The largest absolute Gasteiger partial charge is 0.485 e. The monoisotopic (exact) mass is 379 g/mol. The molecule has 1 saturated heterocycles. The Morgan fingerprint density at radius 2 is 2.11 bits per heavy atom. The lowest BCUT2D eigenvalue weighted by Crippen LogP contribution is -2.49. The second-order valence-electron chi connectivity index (χ2n) is 7.28. The van der Waals surface area contributed by atoms with E-state index in [1.54, 1.807) is 4.52 Å². The fourth-order valence-corrected chi connectivity index (χ4v) is 4.01. The Balaban J connectivity index is 1.36. The van der Waals surface area contributed by atoms with Crippen molar-refractivity contribution in [1.82, 2.24) is 24.5 Å². The zero-order chi connectivity index (χ0) is 19.1. The number of hydrogen-bond acceptors (Lipinski definition) is 6. The van der Waals surface area contributed by atoms with Crippen molar-refractivity contribution in [2.45, 2.75) is 31.8 Å². The van der Waals surface area contributed by atoms with Gasteiger partial charge in [-0.15, -0.1) is 0 Å². The number of aromatic nitrogens is 4. The van der Waals surface area contributed by atoms with E-state index in [0.717, 1.165) is 30.8 Å². The average molecular weight is 379 g/mol. The molecule has 2 aromatic heterocycles. The summed E-state index contributed by atoms with van der Waals surface area (Å²) in [5.41, 5.74) is 1.95. The first-order valence-electron chi connectivity index (χ1n) is 9.53. The molecule has 5 rings (SSSR count). The maximum atomic E-state index is 13.1. The fraction of sp³-hybridized carbons (Fsp3) is 0.400. The molecule has 0 radical (unpaired) electrons. The number of carbonyl (C=O) groups is 1. The van der Waals surface area contributed by atoms with E-state index in [1.807, 2.05) is 42.2 Å². The van der Waals surface area contributed by atoms with Gasteiger partial charge in [0.15, 0.2) is 11.5 Å². The molecule has 1 fully saturated rings. The molecule has 2 aliphatic heterocycles. The highest BCUT2D eigenvalue weighted by Crippen LogP contribution is 2.32. The van der Waals surface area contributed by atoms with E-state index in [4.69, 9.17) is 9.47 Å². The predicted molar refractivity (Wildman–Crippen MR) is 100 cm³/mol. The Labute approximate surface area is 162 Å². The number of aryl methyl sites for hydroxylation is 1. The molecule has 2 unspecified atom stereocenters. The molecule has 28 heavy (non-hydrogen) atoms. The number of rotatable bonds is 2. The van der Waals surface area contributed by atoms with Crippen molar-refractivity contribution in [2.24, 2.45) is 0 Å². The number of benzene rings is 1. The number of piperidine rings is 1. The summed E-state index contributed by atoms with van der Waals surface area (Å²) in [6.45, 7) is 3.54. The van der Waals surface area contributed by atoms with Crippen LogP contribution >= 0.6 is 0 Å². The molecule has 144 valence electrons. The number of amides is 1. The molecule has 0 N–H and O–H groups in total. The Bertz CT molecular complexity index is 1030. The topological polar surface area (TPSA) is 81.9 Å². The van der Waals surface area contributed by atoms with Crippen molar-refractivity contribution >= 4 is 11.7 Å². The van der Waals surface area contributed by atoms with Gasteiger partial charge in [0.25, 0.3) is 11.7 Å². The van der Waals surface area contributed by atoms with Crippen LogP contribution in [0.2, 0.25) is 0 Å². The molecule has 0 saturated carbocycles. The van der Waals surface area contributed by atoms with Gasteiger partial charge >= 0.3 is 0 Å². The van der Waals surface area contributed by atoms with Gasteiger partial charge < -0.3 is 14.4 Å². The van der Waals surface area contributed by atoms with E-state index < -0.39 is 6.10 Å². The minimum atomic E-state index is -0.612. The normalized spacial score (nSPS) is 21.7. The maximum Gasteiger partial charge on any atom is 0.267 e. The van der Waals surface area contributed by atoms with Crippen LogP contribution in [0.25, 0.3) is 5.78 Å².